The van der Waals surface area contributed by atoms with E-state index in [4.69, 9.17) is 0 Å². The Morgan fingerprint density at radius 1 is 0.962 bits per heavy atom. The maximum atomic E-state index is 13.4. The molecule has 0 radical (unpaired) electrons. The zero-order valence-electron chi connectivity index (χ0n) is 14.4. The van der Waals surface area contributed by atoms with Crippen molar-refractivity contribution in [1.29, 1.82) is 0 Å². The van der Waals surface area contributed by atoms with Gasteiger partial charge in [-0.05, 0) is 37.0 Å². The second kappa shape index (κ2) is 12.1. The van der Waals surface area contributed by atoms with E-state index in [1.54, 1.807) is 24.3 Å². The minimum atomic E-state index is -0.481. The maximum Gasteiger partial charge on any atom is 2.00 e. The molecule has 0 spiro atoms. The van der Waals surface area contributed by atoms with Crippen molar-refractivity contribution < 1.29 is 31.4 Å². The third-order valence-electron chi connectivity index (χ3n) is 3.77. The summed E-state index contributed by atoms with van der Waals surface area (Å²) >= 11 is 0. The van der Waals surface area contributed by atoms with Gasteiger partial charge >= 0.3 is 17.1 Å². The first-order valence-corrected chi connectivity index (χ1v) is 8.38. The Kier molecular flexibility index (Phi) is 10.1. The summed E-state index contributed by atoms with van der Waals surface area (Å²) in [4.78, 5) is 11.8. The van der Waals surface area contributed by atoms with Gasteiger partial charge in [0.1, 0.15) is 5.82 Å². The number of Topliss-reactive ketones (excluding diaryl/α,β-unsaturated/α-hetero) is 1. The van der Waals surface area contributed by atoms with Gasteiger partial charge in [0.05, 0.1) is 5.56 Å². The van der Waals surface area contributed by atoms with E-state index in [9.17, 15) is 14.3 Å². The molecule has 0 N–H and O–H groups in total. The van der Waals surface area contributed by atoms with Crippen molar-refractivity contribution in [1.82, 2.24) is 0 Å². The molecule has 0 atom stereocenters. The van der Waals surface area contributed by atoms with Crippen LogP contribution in [0.15, 0.2) is 90.2 Å². The Hall–Kier alpha value is -2.29. The Morgan fingerprint density at radius 3 is 2.15 bits per heavy atom. The minimum Gasteiger partial charge on any atom is -0.875 e. The predicted octanol–water partition coefficient (Wildman–Crippen LogP) is 4.71. The monoisotopic (exact) mass is 392 g/mol. The number of halogens is 1. The van der Waals surface area contributed by atoms with Crippen molar-refractivity contribution >= 4 is 5.78 Å². The minimum absolute atomic E-state index is 0. The maximum absolute atomic E-state index is 13.4. The van der Waals surface area contributed by atoms with Gasteiger partial charge in [0, 0.05) is 6.42 Å². The number of rotatable bonds is 6. The molecular weight excluding hydrogens is 371 g/mol. The molecule has 2 nitrogen and oxygen atoms in total. The molecule has 0 aromatic heterocycles. The van der Waals surface area contributed by atoms with Crippen LogP contribution in [0.4, 0.5) is 4.39 Å². The van der Waals surface area contributed by atoms with E-state index in [0.29, 0.717) is 24.8 Å². The molecule has 0 bridgehead atoms. The third kappa shape index (κ3) is 7.30. The molecule has 3 rings (SSSR count). The molecule has 0 unspecified atom stereocenters. The Labute approximate surface area is 164 Å². The van der Waals surface area contributed by atoms with Gasteiger partial charge < -0.3 is 5.11 Å². The number of hydrogen-bond donors (Lipinski definition) is 0. The average molecular weight is 392 g/mol. The van der Waals surface area contributed by atoms with Gasteiger partial charge in [-0.15, -0.1) is 5.76 Å². The number of unbranched alkanes of at least 4 members (excludes halogenated alkanes) is 1. The van der Waals surface area contributed by atoms with Crippen LogP contribution in [0.5, 0.6) is 0 Å². The topological polar surface area (TPSA) is 40.1 Å². The normalized spacial score (nSPS) is 11.5. The summed E-state index contributed by atoms with van der Waals surface area (Å²) < 4.78 is 13.4. The van der Waals surface area contributed by atoms with E-state index in [1.165, 1.54) is 12.1 Å². The fourth-order valence-electron chi connectivity index (χ4n) is 2.42. The molecule has 0 saturated heterocycles. The van der Waals surface area contributed by atoms with Crippen LogP contribution in [0, 0.1) is 5.82 Å². The molecule has 2 aromatic rings. The Balaban J connectivity index is 0.000000486. The molecule has 0 amide bonds. The van der Waals surface area contributed by atoms with Crippen molar-refractivity contribution in [2.75, 3.05) is 0 Å². The second-order valence-corrected chi connectivity index (χ2v) is 5.67. The molecule has 1 aliphatic carbocycles. The summed E-state index contributed by atoms with van der Waals surface area (Å²) in [6.07, 6.45) is 9.16. The smallest absolute Gasteiger partial charge is 0.875 e. The van der Waals surface area contributed by atoms with Gasteiger partial charge in [-0.2, -0.15) is 18.2 Å². The molecule has 0 saturated carbocycles. The first-order valence-electron chi connectivity index (χ1n) is 8.38. The van der Waals surface area contributed by atoms with E-state index in [-0.39, 0.29) is 40.6 Å². The van der Waals surface area contributed by atoms with E-state index < -0.39 is 5.82 Å². The molecule has 0 aliphatic heterocycles. The van der Waals surface area contributed by atoms with Crippen LogP contribution in [0.2, 0.25) is 0 Å². The van der Waals surface area contributed by atoms with Crippen molar-refractivity contribution in [3.05, 3.63) is 102 Å². The summed E-state index contributed by atoms with van der Waals surface area (Å²) in [7, 11) is 0. The first-order chi connectivity index (χ1) is 12.2. The van der Waals surface area contributed by atoms with E-state index in [1.807, 2.05) is 42.5 Å². The van der Waals surface area contributed by atoms with E-state index >= 15 is 0 Å². The fraction of sp³-hybridized carbons (Fsp3) is 0.182. The summed E-state index contributed by atoms with van der Waals surface area (Å²) in [5.41, 5.74) is 0.847. The number of benzene rings is 1. The number of carbonyl (C=O) groups is 1. The number of hydrogen-bond acceptors (Lipinski definition) is 2. The molecule has 4 heteroatoms. The Morgan fingerprint density at radius 2 is 1.58 bits per heavy atom. The molecule has 136 valence electrons. The zero-order chi connectivity index (χ0) is 17.9. The van der Waals surface area contributed by atoms with Crippen LogP contribution in [-0.2, 0) is 17.1 Å². The Bertz CT molecular complexity index is 727. The van der Waals surface area contributed by atoms with Crippen molar-refractivity contribution in [2.24, 2.45) is 0 Å². The predicted molar refractivity (Wildman–Crippen MR) is 96.5 cm³/mol. The van der Waals surface area contributed by atoms with Gasteiger partial charge in [0.2, 0.25) is 0 Å². The van der Waals surface area contributed by atoms with Crippen molar-refractivity contribution in [3.8, 4) is 0 Å². The van der Waals surface area contributed by atoms with Gasteiger partial charge in [-0.3, -0.25) is 4.79 Å². The first kappa shape index (κ1) is 21.8. The number of allylic oxidation sites excluding steroid dienone is 6. The van der Waals surface area contributed by atoms with E-state index in [2.05, 4.69) is 0 Å². The van der Waals surface area contributed by atoms with Gasteiger partial charge in [0.25, 0.3) is 0 Å². The zero-order valence-corrected chi connectivity index (χ0v) is 15.5. The number of ketones is 1. The van der Waals surface area contributed by atoms with Crippen LogP contribution < -0.4 is 5.11 Å². The summed E-state index contributed by atoms with van der Waals surface area (Å²) in [6.45, 7) is 0. The third-order valence-corrected chi connectivity index (χ3v) is 3.77. The largest absolute Gasteiger partial charge is 2.00 e. The molecule has 26 heavy (non-hydrogen) atoms. The summed E-state index contributed by atoms with van der Waals surface area (Å²) in [6, 6.07) is 16.0. The van der Waals surface area contributed by atoms with Crippen LogP contribution in [0.25, 0.3) is 0 Å². The summed E-state index contributed by atoms with van der Waals surface area (Å²) in [5.74, 6) is -0.595. The average Bonchev–Trinajstić information content (AvgIpc) is 3.35. The molecule has 0 heterocycles. The van der Waals surface area contributed by atoms with Gasteiger partial charge in [-0.25, -0.2) is 16.5 Å². The van der Waals surface area contributed by atoms with Gasteiger partial charge in [-0.1, -0.05) is 36.4 Å². The SMILES string of the molecule is O=C(CCCCC([O-])=C1C=CC=C1)c1ccccc1F.[Fe+2].c1cc[cH-]c1. The number of carbonyl (C=O) groups excluding carboxylic acids is 1. The quantitative estimate of drug-likeness (QED) is 0.235. The molecule has 0 fully saturated rings. The van der Waals surface area contributed by atoms with Crippen molar-refractivity contribution in [3.63, 3.8) is 0 Å². The molecular formula is C22H21FFeO2. The van der Waals surface area contributed by atoms with E-state index in [0.717, 1.165) is 0 Å². The standard InChI is InChI=1S/C17H17FO2.C5H5.Fe/c18-15-10-4-3-9-14(15)17(20)12-6-5-11-16(19)13-7-1-2-8-13;1-2-4-5-3-1;/h1-4,7-10,19H,5-6,11-12H2;1-5H;/q;-1;+2/p-1. The van der Waals surface area contributed by atoms with Crippen molar-refractivity contribution in [2.45, 2.75) is 25.7 Å². The second-order valence-electron chi connectivity index (χ2n) is 5.67. The van der Waals surface area contributed by atoms with Crippen LogP contribution >= 0.6 is 0 Å². The molecule has 2 aromatic carbocycles. The van der Waals surface area contributed by atoms with Crippen LogP contribution in [-0.4, -0.2) is 5.78 Å². The summed E-state index contributed by atoms with van der Waals surface area (Å²) in [5, 5.41) is 11.7. The fourth-order valence-corrected chi connectivity index (χ4v) is 2.42. The molecule has 1 aliphatic rings. The van der Waals surface area contributed by atoms with Gasteiger partial charge in [0.15, 0.2) is 5.78 Å². The van der Waals surface area contributed by atoms with Crippen LogP contribution in [0.3, 0.4) is 0 Å². The van der Waals surface area contributed by atoms with Crippen LogP contribution in [0.1, 0.15) is 36.0 Å².